The highest BCUT2D eigenvalue weighted by Gasteiger charge is 2.27. The molecule has 1 aliphatic heterocycles. The number of H-pyrrole nitrogens is 1. The summed E-state index contributed by atoms with van der Waals surface area (Å²) in [7, 11) is 0. The predicted octanol–water partition coefficient (Wildman–Crippen LogP) is 4.71. The van der Waals surface area contributed by atoms with Crippen molar-refractivity contribution in [3.63, 3.8) is 0 Å². The van der Waals surface area contributed by atoms with Gasteiger partial charge in [-0.15, -0.1) is 0 Å². The maximum absolute atomic E-state index is 13.1. The van der Waals surface area contributed by atoms with Crippen LogP contribution < -0.4 is 0 Å². The summed E-state index contributed by atoms with van der Waals surface area (Å²) in [5.74, 6) is 2.38. The van der Waals surface area contributed by atoms with Crippen molar-refractivity contribution < 1.29 is 9.21 Å². The third-order valence-electron chi connectivity index (χ3n) is 5.81. The third-order valence-corrected chi connectivity index (χ3v) is 5.81. The standard InChI is InChI=1S/C23H23N3O2/c1-15-22(17-6-2-5-9-20(17)28-15)23(27)26-12-10-16(11-13-26)14-21-24-18-7-3-4-8-19(18)25-21/h2-9,16H,10-14H2,1H3,(H,24,25). The number of nitrogens with one attached hydrogen (secondary N) is 1. The lowest BCUT2D eigenvalue weighted by atomic mass is 9.93. The molecule has 142 valence electrons. The van der Waals surface area contributed by atoms with Gasteiger partial charge in [0, 0.05) is 24.9 Å². The van der Waals surface area contributed by atoms with Crippen LogP contribution >= 0.6 is 0 Å². The lowest BCUT2D eigenvalue weighted by molar-refractivity contribution is 0.0690. The Labute approximate surface area is 163 Å². The van der Waals surface area contributed by atoms with Crippen molar-refractivity contribution in [2.24, 2.45) is 5.92 Å². The molecule has 1 saturated heterocycles. The van der Waals surface area contributed by atoms with E-state index in [0.29, 0.717) is 17.2 Å². The van der Waals surface area contributed by atoms with E-state index in [9.17, 15) is 4.79 Å². The maximum Gasteiger partial charge on any atom is 0.258 e. The monoisotopic (exact) mass is 373 g/mol. The van der Waals surface area contributed by atoms with Crippen LogP contribution in [0.25, 0.3) is 22.0 Å². The summed E-state index contributed by atoms with van der Waals surface area (Å²) in [6.45, 7) is 3.44. The number of rotatable bonds is 3. The number of likely N-dealkylation sites (tertiary alicyclic amines) is 1. The number of para-hydroxylation sites is 3. The fourth-order valence-corrected chi connectivity index (χ4v) is 4.31. The second-order valence-electron chi connectivity index (χ2n) is 7.67. The van der Waals surface area contributed by atoms with Crippen LogP contribution in [-0.4, -0.2) is 33.9 Å². The largest absolute Gasteiger partial charge is 0.461 e. The van der Waals surface area contributed by atoms with Crippen LogP contribution in [0.2, 0.25) is 0 Å². The Morgan fingerprint density at radius 3 is 2.71 bits per heavy atom. The lowest BCUT2D eigenvalue weighted by Gasteiger charge is -2.31. The molecule has 1 N–H and O–H groups in total. The molecule has 0 spiro atoms. The smallest absolute Gasteiger partial charge is 0.258 e. The van der Waals surface area contributed by atoms with E-state index in [0.717, 1.165) is 60.2 Å². The molecule has 0 radical (unpaired) electrons. The van der Waals surface area contributed by atoms with E-state index in [-0.39, 0.29) is 5.91 Å². The molecule has 4 aromatic rings. The van der Waals surface area contributed by atoms with Crippen LogP contribution in [0.4, 0.5) is 0 Å². The number of aromatic nitrogens is 2. The minimum absolute atomic E-state index is 0.0876. The van der Waals surface area contributed by atoms with Crippen molar-refractivity contribution in [1.82, 2.24) is 14.9 Å². The normalized spacial score (nSPS) is 15.5. The third kappa shape index (κ3) is 2.97. The molecule has 2 aromatic carbocycles. The Morgan fingerprint density at radius 1 is 1.14 bits per heavy atom. The van der Waals surface area contributed by atoms with E-state index < -0.39 is 0 Å². The number of imidazole rings is 1. The quantitative estimate of drug-likeness (QED) is 0.565. The van der Waals surface area contributed by atoms with Crippen molar-refractivity contribution in [3.05, 3.63) is 65.7 Å². The van der Waals surface area contributed by atoms with Crippen molar-refractivity contribution in [3.8, 4) is 0 Å². The number of aryl methyl sites for hydroxylation is 1. The molecular formula is C23H23N3O2. The van der Waals surface area contributed by atoms with E-state index in [1.165, 1.54) is 0 Å². The summed E-state index contributed by atoms with van der Waals surface area (Å²) in [6.07, 6.45) is 2.93. The molecule has 5 heteroatoms. The molecule has 28 heavy (non-hydrogen) atoms. The van der Waals surface area contributed by atoms with Gasteiger partial charge in [-0.2, -0.15) is 0 Å². The molecule has 5 nitrogen and oxygen atoms in total. The molecule has 0 bridgehead atoms. The van der Waals surface area contributed by atoms with E-state index >= 15 is 0 Å². The second kappa shape index (κ2) is 6.82. The van der Waals surface area contributed by atoms with Gasteiger partial charge in [-0.25, -0.2) is 4.98 Å². The summed E-state index contributed by atoms with van der Waals surface area (Å²) in [4.78, 5) is 23.2. The maximum atomic E-state index is 13.1. The molecule has 1 amide bonds. The lowest BCUT2D eigenvalue weighted by Crippen LogP contribution is -2.39. The number of aromatic amines is 1. The van der Waals surface area contributed by atoms with Gasteiger partial charge < -0.3 is 14.3 Å². The van der Waals surface area contributed by atoms with Gasteiger partial charge in [-0.1, -0.05) is 30.3 Å². The Balaban J connectivity index is 1.27. The fraction of sp³-hybridized carbons (Fsp3) is 0.304. The molecular weight excluding hydrogens is 350 g/mol. The average Bonchev–Trinajstić information content (AvgIpc) is 3.27. The zero-order chi connectivity index (χ0) is 19.1. The van der Waals surface area contributed by atoms with Crippen molar-refractivity contribution >= 4 is 27.9 Å². The number of benzene rings is 2. The number of amides is 1. The van der Waals surface area contributed by atoms with Gasteiger partial charge in [0.1, 0.15) is 17.2 Å². The molecule has 0 unspecified atom stereocenters. The van der Waals surface area contributed by atoms with Crippen molar-refractivity contribution in [2.75, 3.05) is 13.1 Å². The van der Waals surface area contributed by atoms with Crippen LogP contribution in [0, 0.1) is 12.8 Å². The van der Waals surface area contributed by atoms with E-state index in [1.54, 1.807) is 0 Å². The summed E-state index contributed by atoms with van der Waals surface area (Å²) in [5, 5.41) is 0.911. The SMILES string of the molecule is Cc1oc2ccccc2c1C(=O)N1CCC(Cc2nc3ccccc3[nH]2)CC1. The minimum Gasteiger partial charge on any atom is -0.461 e. The number of piperidine rings is 1. The number of hydrogen-bond acceptors (Lipinski definition) is 3. The predicted molar refractivity (Wildman–Crippen MR) is 109 cm³/mol. The molecule has 2 aromatic heterocycles. The topological polar surface area (TPSA) is 62.1 Å². The number of fused-ring (bicyclic) bond motifs is 2. The molecule has 0 saturated carbocycles. The Morgan fingerprint density at radius 2 is 1.89 bits per heavy atom. The van der Waals surface area contributed by atoms with Gasteiger partial charge in [0.25, 0.3) is 5.91 Å². The molecule has 0 aliphatic carbocycles. The first kappa shape index (κ1) is 17.0. The zero-order valence-electron chi connectivity index (χ0n) is 15.9. The van der Waals surface area contributed by atoms with Crippen LogP contribution in [0.5, 0.6) is 0 Å². The molecule has 3 heterocycles. The highest BCUT2D eigenvalue weighted by Crippen LogP contribution is 2.29. The Kier molecular flexibility index (Phi) is 4.15. The van der Waals surface area contributed by atoms with E-state index in [4.69, 9.17) is 9.40 Å². The number of carbonyl (C=O) groups excluding carboxylic acids is 1. The highest BCUT2D eigenvalue weighted by molar-refractivity contribution is 6.07. The Hall–Kier alpha value is -3.08. The Bertz CT molecular complexity index is 1120. The van der Waals surface area contributed by atoms with Crippen LogP contribution in [0.1, 0.15) is 34.8 Å². The summed E-state index contributed by atoms with van der Waals surface area (Å²) in [6, 6.07) is 15.9. The summed E-state index contributed by atoms with van der Waals surface area (Å²) < 4.78 is 5.78. The minimum atomic E-state index is 0.0876. The molecule has 1 aliphatic rings. The van der Waals surface area contributed by atoms with Gasteiger partial charge in [0.2, 0.25) is 0 Å². The van der Waals surface area contributed by atoms with Crippen LogP contribution in [0.3, 0.4) is 0 Å². The van der Waals surface area contributed by atoms with Crippen LogP contribution in [0.15, 0.2) is 52.9 Å². The second-order valence-corrected chi connectivity index (χ2v) is 7.67. The number of furan rings is 1. The van der Waals surface area contributed by atoms with Crippen molar-refractivity contribution in [1.29, 1.82) is 0 Å². The molecule has 1 fully saturated rings. The molecule has 5 rings (SSSR count). The van der Waals surface area contributed by atoms with Crippen LogP contribution in [-0.2, 0) is 6.42 Å². The summed E-state index contributed by atoms with van der Waals surface area (Å²) >= 11 is 0. The van der Waals surface area contributed by atoms with Gasteiger partial charge >= 0.3 is 0 Å². The zero-order valence-corrected chi connectivity index (χ0v) is 15.9. The summed E-state index contributed by atoms with van der Waals surface area (Å²) in [5.41, 5.74) is 3.61. The molecule has 0 atom stereocenters. The van der Waals surface area contributed by atoms with Gasteiger partial charge in [0.15, 0.2) is 0 Å². The first-order valence-corrected chi connectivity index (χ1v) is 9.90. The van der Waals surface area contributed by atoms with Gasteiger partial charge in [-0.05, 0) is 43.9 Å². The number of hydrogen-bond donors (Lipinski definition) is 1. The number of nitrogens with zero attached hydrogens (tertiary/aromatic N) is 2. The van der Waals surface area contributed by atoms with E-state index in [2.05, 4.69) is 11.1 Å². The average molecular weight is 373 g/mol. The fourth-order valence-electron chi connectivity index (χ4n) is 4.31. The highest BCUT2D eigenvalue weighted by atomic mass is 16.3. The first-order valence-electron chi connectivity index (χ1n) is 9.90. The van der Waals surface area contributed by atoms with E-state index in [1.807, 2.05) is 54.3 Å². The van der Waals surface area contributed by atoms with Gasteiger partial charge in [-0.3, -0.25) is 4.79 Å². The first-order chi connectivity index (χ1) is 13.7. The van der Waals surface area contributed by atoms with Gasteiger partial charge in [0.05, 0.1) is 16.6 Å². The van der Waals surface area contributed by atoms with Crippen molar-refractivity contribution in [2.45, 2.75) is 26.2 Å². The number of carbonyl (C=O) groups is 1.